The van der Waals surface area contributed by atoms with Crippen LogP contribution in [0.25, 0.3) is 6.08 Å². The second-order valence-corrected chi connectivity index (χ2v) is 2.10. The largest absolute Gasteiger partial charge is 0.397 e. The lowest BCUT2D eigenvalue weighted by Gasteiger charge is -1.97. The van der Waals surface area contributed by atoms with Crippen molar-refractivity contribution in [3.63, 3.8) is 0 Å². The van der Waals surface area contributed by atoms with Crippen molar-refractivity contribution >= 4 is 18.0 Å². The van der Waals surface area contributed by atoms with Crippen LogP contribution < -0.4 is 5.73 Å². The van der Waals surface area contributed by atoms with Gasteiger partial charge in [0.2, 0.25) is 5.95 Å². The van der Waals surface area contributed by atoms with Gasteiger partial charge in [-0.15, -0.1) is 0 Å². The molecule has 12 heavy (non-hydrogen) atoms. The molecule has 4 heteroatoms. The molecule has 3 nitrogen and oxygen atoms in total. The van der Waals surface area contributed by atoms with Crippen LogP contribution in [0.3, 0.4) is 0 Å². The molecule has 0 fully saturated rings. The molecule has 1 heterocycles. The maximum Gasteiger partial charge on any atom is 0.213 e. The Labute approximate surface area is 68.7 Å². The molecule has 0 unspecified atom stereocenters. The highest BCUT2D eigenvalue weighted by Crippen LogP contribution is 2.10. The van der Waals surface area contributed by atoms with E-state index in [1.54, 1.807) is 0 Å². The summed E-state index contributed by atoms with van der Waals surface area (Å²) in [5.41, 5.74) is 6.04. The lowest BCUT2D eigenvalue weighted by atomic mass is 10.3. The zero-order valence-corrected chi connectivity index (χ0v) is 6.20. The Hall–Kier alpha value is -1.71. The Morgan fingerprint density at radius 2 is 2.25 bits per heavy atom. The molecular weight excluding hydrogens is 159 g/mol. The van der Waals surface area contributed by atoms with Crippen molar-refractivity contribution in [2.45, 2.75) is 0 Å². The number of hydrogen-bond donors (Lipinski definition) is 1. The number of nitrogen functional groups attached to an aromatic ring is 1. The van der Waals surface area contributed by atoms with Crippen LogP contribution in [-0.4, -0.2) is 11.3 Å². The molecule has 0 amide bonds. The van der Waals surface area contributed by atoms with Crippen LogP contribution in [0.1, 0.15) is 5.69 Å². The number of nitrogens with zero attached hydrogens (tertiary/aromatic N) is 1. The molecule has 2 N–H and O–H groups in total. The molecule has 0 saturated carbocycles. The standard InChI is InChI=1S/C8H7FN2O/c9-8-4-3-6(10)7(11-8)2-1-5-12/h1-5H,10H2. The predicted octanol–water partition coefficient (Wildman–Crippen LogP) is 1.02. The first kappa shape index (κ1) is 8.39. The van der Waals surface area contributed by atoms with Gasteiger partial charge in [0.1, 0.15) is 6.29 Å². The summed E-state index contributed by atoms with van der Waals surface area (Å²) in [5.74, 6) is -0.616. The highest BCUT2D eigenvalue weighted by atomic mass is 19.1. The number of aromatic nitrogens is 1. The molecule has 0 saturated heterocycles. The van der Waals surface area contributed by atoms with E-state index >= 15 is 0 Å². The van der Waals surface area contributed by atoms with Gasteiger partial charge in [0.05, 0.1) is 11.4 Å². The molecule has 0 radical (unpaired) electrons. The summed E-state index contributed by atoms with van der Waals surface area (Å²) in [6, 6.07) is 2.56. The minimum absolute atomic E-state index is 0.266. The fourth-order valence-electron chi connectivity index (χ4n) is 0.725. The normalized spacial score (nSPS) is 10.4. The Morgan fingerprint density at radius 1 is 1.50 bits per heavy atom. The van der Waals surface area contributed by atoms with Crippen LogP contribution in [0.4, 0.5) is 10.1 Å². The van der Waals surface area contributed by atoms with E-state index < -0.39 is 5.95 Å². The molecule has 0 aliphatic carbocycles. The van der Waals surface area contributed by atoms with Crippen LogP contribution in [0, 0.1) is 5.95 Å². The van der Waals surface area contributed by atoms with Crippen molar-refractivity contribution in [2.24, 2.45) is 0 Å². The van der Waals surface area contributed by atoms with Gasteiger partial charge in [-0.05, 0) is 24.3 Å². The summed E-state index contributed by atoms with van der Waals surface area (Å²) in [4.78, 5) is 13.4. The number of hydrogen-bond acceptors (Lipinski definition) is 3. The Morgan fingerprint density at radius 3 is 2.92 bits per heavy atom. The third-order valence-electron chi connectivity index (χ3n) is 1.26. The monoisotopic (exact) mass is 166 g/mol. The molecule has 1 rings (SSSR count). The van der Waals surface area contributed by atoms with Gasteiger partial charge in [0, 0.05) is 0 Å². The van der Waals surface area contributed by atoms with Gasteiger partial charge in [0.15, 0.2) is 0 Å². The second kappa shape index (κ2) is 3.61. The Bertz CT molecular complexity index is 323. The summed E-state index contributed by atoms with van der Waals surface area (Å²) in [7, 11) is 0. The van der Waals surface area contributed by atoms with Crippen LogP contribution in [0.2, 0.25) is 0 Å². The molecule has 0 atom stereocenters. The van der Waals surface area contributed by atoms with E-state index in [1.807, 2.05) is 0 Å². The van der Waals surface area contributed by atoms with Crippen LogP contribution >= 0.6 is 0 Å². The number of rotatable bonds is 2. The third-order valence-corrected chi connectivity index (χ3v) is 1.26. The zero-order chi connectivity index (χ0) is 8.97. The number of nitrogens with two attached hydrogens (primary N) is 1. The summed E-state index contributed by atoms with van der Waals surface area (Å²) in [5, 5.41) is 0. The molecule has 1 aromatic rings. The fraction of sp³-hybridized carbons (Fsp3) is 0. The van der Waals surface area contributed by atoms with Crippen molar-refractivity contribution < 1.29 is 9.18 Å². The first-order valence-electron chi connectivity index (χ1n) is 3.28. The van der Waals surface area contributed by atoms with Gasteiger partial charge >= 0.3 is 0 Å². The van der Waals surface area contributed by atoms with E-state index in [0.29, 0.717) is 12.0 Å². The van der Waals surface area contributed by atoms with Gasteiger partial charge in [-0.1, -0.05) is 0 Å². The molecule has 62 valence electrons. The van der Waals surface area contributed by atoms with Crippen LogP contribution in [-0.2, 0) is 4.79 Å². The SMILES string of the molecule is Nc1ccc(F)nc1C=CC=O. The number of carbonyl (C=O) groups excluding carboxylic acids is 1. The van der Waals surface area contributed by atoms with E-state index in [9.17, 15) is 9.18 Å². The maximum absolute atomic E-state index is 12.5. The van der Waals surface area contributed by atoms with E-state index in [4.69, 9.17) is 5.73 Å². The minimum atomic E-state index is -0.616. The Balaban J connectivity index is 3.04. The minimum Gasteiger partial charge on any atom is -0.397 e. The van der Waals surface area contributed by atoms with E-state index in [2.05, 4.69) is 4.98 Å². The van der Waals surface area contributed by atoms with E-state index in [0.717, 1.165) is 6.07 Å². The average molecular weight is 166 g/mol. The first-order chi connectivity index (χ1) is 5.74. The maximum atomic E-state index is 12.5. The van der Waals surface area contributed by atoms with Crippen LogP contribution in [0.15, 0.2) is 18.2 Å². The Kier molecular flexibility index (Phi) is 2.53. The second-order valence-electron chi connectivity index (χ2n) is 2.10. The van der Waals surface area contributed by atoms with Crippen molar-refractivity contribution in [3.8, 4) is 0 Å². The van der Waals surface area contributed by atoms with Crippen molar-refractivity contribution in [1.29, 1.82) is 0 Å². The highest BCUT2D eigenvalue weighted by Gasteiger charge is 1.97. The molecule has 1 aromatic heterocycles. The topological polar surface area (TPSA) is 56.0 Å². The molecule has 0 aromatic carbocycles. The number of halogens is 1. The van der Waals surface area contributed by atoms with Crippen molar-refractivity contribution in [1.82, 2.24) is 4.98 Å². The van der Waals surface area contributed by atoms with E-state index in [1.165, 1.54) is 18.2 Å². The van der Waals surface area contributed by atoms with Gasteiger partial charge < -0.3 is 5.73 Å². The number of anilines is 1. The van der Waals surface area contributed by atoms with Gasteiger partial charge in [0.25, 0.3) is 0 Å². The molecule has 0 bridgehead atoms. The number of allylic oxidation sites excluding steroid dienone is 1. The average Bonchev–Trinajstić information content (AvgIpc) is 2.07. The molecule has 0 aliphatic rings. The highest BCUT2D eigenvalue weighted by molar-refractivity contribution is 5.75. The molecule has 0 aliphatic heterocycles. The van der Waals surface area contributed by atoms with Gasteiger partial charge in [-0.2, -0.15) is 4.39 Å². The first-order valence-corrected chi connectivity index (χ1v) is 3.28. The summed E-state index contributed by atoms with van der Waals surface area (Å²) >= 11 is 0. The summed E-state index contributed by atoms with van der Waals surface area (Å²) in [6.45, 7) is 0. The third kappa shape index (κ3) is 1.88. The van der Waals surface area contributed by atoms with Gasteiger partial charge in [-0.3, -0.25) is 4.79 Å². The van der Waals surface area contributed by atoms with Crippen LogP contribution in [0.5, 0.6) is 0 Å². The smallest absolute Gasteiger partial charge is 0.213 e. The van der Waals surface area contributed by atoms with Gasteiger partial charge in [-0.25, -0.2) is 4.98 Å². The zero-order valence-electron chi connectivity index (χ0n) is 6.20. The lowest BCUT2D eigenvalue weighted by Crippen LogP contribution is -1.94. The quantitative estimate of drug-likeness (QED) is 0.405. The van der Waals surface area contributed by atoms with E-state index in [-0.39, 0.29) is 5.69 Å². The molecule has 0 spiro atoms. The summed E-state index contributed by atoms with van der Waals surface area (Å²) in [6.07, 6.45) is 3.13. The number of aldehydes is 1. The predicted molar refractivity (Wildman–Crippen MR) is 43.7 cm³/mol. The number of carbonyl (C=O) groups is 1. The molecular formula is C8H7FN2O. The lowest BCUT2D eigenvalue weighted by molar-refractivity contribution is -0.104. The fourth-order valence-corrected chi connectivity index (χ4v) is 0.725. The summed E-state index contributed by atoms with van der Waals surface area (Å²) < 4.78 is 12.5. The van der Waals surface area contributed by atoms with Crippen molar-refractivity contribution in [2.75, 3.05) is 5.73 Å². The van der Waals surface area contributed by atoms with Crippen molar-refractivity contribution in [3.05, 3.63) is 29.9 Å². The number of pyridine rings is 1.